The van der Waals surface area contributed by atoms with Gasteiger partial charge >= 0.3 is 5.97 Å². The van der Waals surface area contributed by atoms with Gasteiger partial charge in [-0.2, -0.15) is 0 Å². The number of hydrogen-bond donors (Lipinski definition) is 0. The second-order valence-corrected chi connectivity index (χ2v) is 3.35. The van der Waals surface area contributed by atoms with Gasteiger partial charge in [-0.25, -0.2) is 9.64 Å². The van der Waals surface area contributed by atoms with E-state index >= 15 is 0 Å². The van der Waals surface area contributed by atoms with Crippen molar-refractivity contribution < 1.29 is 9.53 Å². The van der Waals surface area contributed by atoms with Crippen LogP contribution in [-0.4, -0.2) is 12.6 Å². The van der Waals surface area contributed by atoms with Crippen LogP contribution in [0.1, 0.15) is 17.3 Å². The Balaban J connectivity index is 3.07. The number of esters is 1. The Bertz CT molecular complexity index is 396. The van der Waals surface area contributed by atoms with Crippen molar-refractivity contribution in [3.63, 3.8) is 0 Å². The molecule has 0 bridgehead atoms. The summed E-state index contributed by atoms with van der Waals surface area (Å²) < 4.78 is 5.48. The Labute approximate surface area is 90.6 Å². The summed E-state index contributed by atoms with van der Waals surface area (Å²) in [7, 11) is 0. The first kappa shape index (κ1) is 10.7. The van der Waals surface area contributed by atoms with E-state index in [9.17, 15) is 4.79 Å². The van der Waals surface area contributed by atoms with E-state index in [2.05, 4.69) is 20.8 Å². The fraction of sp³-hybridized carbons (Fsp3) is 0.200. The Kier molecular flexibility index (Phi) is 3.66. The van der Waals surface area contributed by atoms with Crippen LogP contribution in [-0.2, 0) is 4.74 Å². The fourth-order valence-electron chi connectivity index (χ4n) is 0.948. The number of nitrogens with zero attached hydrogens (tertiary/aromatic N) is 1. The summed E-state index contributed by atoms with van der Waals surface area (Å²) in [6, 6.07) is 4.81. The smallest absolute Gasteiger partial charge is 0.337 e. The summed E-state index contributed by atoms with van der Waals surface area (Å²) in [6.07, 6.45) is 0. The number of rotatable bonds is 2. The Morgan fingerprint density at radius 1 is 1.64 bits per heavy atom. The highest BCUT2D eigenvalue weighted by Gasteiger charge is 2.11. The van der Waals surface area contributed by atoms with Gasteiger partial charge in [-0.3, -0.25) is 0 Å². The number of benzene rings is 1. The van der Waals surface area contributed by atoms with Crippen LogP contribution >= 0.6 is 15.9 Å². The molecule has 0 aromatic heterocycles. The zero-order valence-corrected chi connectivity index (χ0v) is 9.17. The minimum atomic E-state index is -0.412. The van der Waals surface area contributed by atoms with E-state index < -0.39 is 5.97 Å². The first-order valence-corrected chi connectivity index (χ1v) is 4.82. The zero-order chi connectivity index (χ0) is 10.6. The molecule has 0 saturated carbocycles. The maximum absolute atomic E-state index is 11.4. The number of hydrogen-bond acceptors (Lipinski definition) is 2. The van der Waals surface area contributed by atoms with Crippen molar-refractivity contribution in [1.82, 2.24) is 0 Å². The predicted octanol–water partition coefficient (Wildman–Crippen LogP) is 3.18. The molecule has 3 nitrogen and oxygen atoms in total. The molecule has 0 heterocycles. The molecule has 0 amide bonds. The Morgan fingerprint density at radius 3 is 2.93 bits per heavy atom. The molecule has 4 heteroatoms. The molecule has 0 fully saturated rings. The fourth-order valence-corrected chi connectivity index (χ4v) is 1.36. The molecule has 0 atom stereocenters. The van der Waals surface area contributed by atoms with Crippen LogP contribution < -0.4 is 0 Å². The van der Waals surface area contributed by atoms with Gasteiger partial charge < -0.3 is 4.74 Å². The lowest BCUT2D eigenvalue weighted by Crippen LogP contribution is -2.05. The second kappa shape index (κ2) is 4.77. The second-order valence-electron chi connectivity index (χ2n) is 2.50. The van der Waals surface area contributed by atoms with Gasteiger partial charge in [0.25, 0.3) is 0 Å². The van der Waals surface area contributed by atoms with E-state index in [1.54, 1.807) is 19.1 Å². The van der Waals surface area contributed by atoms with Gasteiger partial charge in [0.1, 0.15) is 0 Å². The molecule has 1 aromatic carbocycles. The summed E-state index contributed by atoms with van der Waals surface area (Å²) in [6.45, 7) is 8.88. The van der Waals surface area contributed by atoms with E-state index in [0.29, 0.717) is 22.3 Å². The summed E-state index contributed by atoms with van der Waals surface area (Å²) in [5, 5.41) is 0. The standard InChI is InChI=1S/C10H8BrNO2/c1-3-14-10(13)8-6-7(12-2)4-5-9(8)11/h4-6H,3H2,1H3. The summed E-state index contributed by atoms with van der Waals surface area (Å²) >= 11 is 3.23. The molecule has 0 spiro atoms. The first-order valence-electron chi connectivity index (χ1n) is 4.03. The Morgan fingerprint density at radius 2 is 2.36 bits per heavy atom. The summed E-state index contributed by atoms with van der Waals surface area (Å²) in [5.41, 5.74) is 0.816. The highest BCUT2D eigenvalue weighted by Crippen LogP contribution is 2.23. The summed E-state index contributed by atoms with van der Waals surface area (Å²) in [5.74, 6) is -0.412. The molecule has 72 valence electrons. The van der Waals surface area contributed by atoms with Crippen LogP contribution in [0.25, 0.3) is 4.85 Å². The molecule has 0 aliphatic carbocycles. The van der Waals surface area contributed by atoms with Gasteiger partial charge in [0.15, 0.2) is 5.69 Å². The van der Waals surface area contributed by atoms with Crippen LogP contribution in [0.15, 0.2) is 22.7 Å². The quantitative estimate of drug-likeness (QED) is 0.599. The van der Waals surface area contributed by atoms with Crippen molar-refractivity contribution in [2.45, 2.75) is 6.92 Å². The van der Waals surface area contributed by atoms with Gasteiger partial charge in [-0.1, -0.05) is 28.1 Å². The lowest BCUT2D eigenvalue weighted by molar-refractivity contribution is 0.0525. The first-order chi connectivity index (χ1) is 6.69. The molecule has 1 rings (SSSR count). The number of ether oxygens (including phenoxy) is 1. The highest BCUT2D eigenvalue weighted by atomic mass is 79.9. The average Bonchev–Trinajstić information content (AvgIpc) is 2.19. The van der Waals surface area contributed by atoms with Crippen LogP contribution in [0.4, 0.5) is 5.69 Å². The molecular formula is C10H8BrNO2. The van der Waals surface area contributed by atoms with Crippen molar-refractivity contribution in [2.24, 2.45) is 0 Å². The van der Waals surface area contributed by atoms with E-state index in [1.165, 1.54) is 6.07 Å². The zero-order valence-electron chi connectivity index (χ0n) is 7.58. The lowest BCUT2D eigenvalue weighted by atomic mass is 10.2. The van der Waals surface area contributed by atoms with Crippen LogP contribution in [0, 0.1) is 6.57 Å². The van der Waals surface area contributed by atoms with Gasteiger partial charge in [-0.15, -0.1) is 0 Å². The monoisotopic (exact) mass is 253 g/mol. The van der Waals surface area contributed by atoms with Gasteiger partial charge in [-0.05, 0) is 13.0 Å². The van der Waals surface area contributed by atoms with Gasteiger partial charge in [0.05, 0.1) is 18.7 Å². The summed E-state index contributed by atoms with van der Waals surface area (Å²) in [4.78, 5) is 14.6. The predicted molar refractivity (Wildman–Crippen MR) is 56.4 cm³/mol. The Hall–Kier alpha value is -1.34. The molecule has 0 aliphatic heterocycles. The van der Waals surface area contributed by atoms with Gasteiger partial charge in [0, 0.05) is 4.47 Å². The van der Waals surface area contributed by atoms with Gasteiger partial charge in [0.2, 0.25) is 0 Å². The van der Waals surface area contributed by atoms with Crippen molar-refractivity contribution >= 4 is 27.6 Å². The lowest BCUT2D eigenvalue weighted by Gasteiger charge is -2.04. The molecule has 1 aromatic rings. The maximum Gasteiger partial charge on any atom is 0.337 e. The van der Waals surface area contributed by atoms with Crippen molar-refractivity contribution in [1.29, 1.82) is 0 Å². The van der Waals surface area contributed by atoms with Crippen LogP contribution in [0.5, 0.6) is 0 Å². The third-order valence-corrected chi connectivity index (χ3v) is 2.27. The third kappa shape index (κ3) is 2.33. The average molecular weight is 254 g/mol. The molecule has 0 aliphatic rings. The van der Waals surface area contributed by atoms with E-state index in [4.69, 9.17) is 11.3 Å². The minimum absolute atomic E-state index is 0.327. The third-order valence-electron chi connectivity index (χ3n) is 1.57. The SMILES string of the molecule is [C-]#[N+]c1ccc(Br)c(C(=O)OCC)c1. The number of carbonyl (C=O) groups is 1. The topological polar surface area (TPSA) is 30.7 Å². The normalized spacial score (nSPS) is 9.21. The highest BCUT2D eigenvalue weighted by molar-refractivity contribution is 9.10. The van der Waals surface area contributed by atoms with Crippen LogP contribution in [0.2, 0.25) is 0 Å². The van der Waals surface area contributed by atoms with Crippen molar-refractivity contribution in [3.8, 4) is 0 Å². The van der Waals surface area contributed by atoms with E-state index in [-0.39, 0.29) is 0 Å². The van der Waals surface area contributed by atoms with E-state index in [1.807, 2.05) is 0 Å². The molecule has 0 unspecified atom stereocenters. The number of halogens is 1. The van der Waals surface area contributed by atoms with E-state index in [0.717, 1.165) is 0 Å². The van der Waals surface area contributed by atoms with Crippen molar-refractivity contribution in [3.05, 3.63) is 39.7 Å². The minimum Gasteiger partial charge on any atom is -0.462 e. The largest absolute Gasteiger partial charge is 0.462 e. The molecule has 0 N–H and O–H groups in total. The molecule has 0 saturated heterocycles. The molecular weight excluding hydrogens is 246 g/mol. The molecule has 14 heavy (non-hydrogen) atoms. The van der Waals surface area contributed by atoms with Crippen LogP contribution in [0.3, 0.4) is 0 Å². The maximum atomic E-state index is 11.4. The number of carbonyl (C=O) groups excluding carboxylic acids is 1. The molecule has 0 radical (unpaired) electrons. The van der Waals surface area contributed by atoms with Crippen molar-refractivity contribution in [2.75, 3.05) is 6.61 Å².